The Morgan fingerprint density at radius 3 is 2.56 bits per heavy atom. The second kappa shape index (κ2) is 8.50. The summed E-state index contributed by atoms with van der Waals surface area (Å²) in [5, 5.41) is 3.25. The Hall–Kier alpha value is -1.84. The molecule has 1 atom stereocenters. The molecule has 0 radical (unpaired) electrons. The zero-order valence-corrected chi connectivity index (χ0v) is 15.3. The van der Waals surface area contributed by atoms with Crippen molar-refractivity contribution in [2.24, 2.45) is 0 Å². The van der Waals surface area contributed by atoms with E-state index in [2.05, 4.69) is 5.32 Å². The normalized spacial score (nSPS) is 20.8. The van der Waals surface area contributed by atoms with Crippen LogP contribution in [0.15, 0.2) is 24.3 Å². The number of amides is 2. The van der Waals surface area contributed by atoms with Crippen molar-refractivity contribution in [3.8, 4) is 0 Å². The summed E-state index contributed by atoms with van der Waals surface area (Å²) in [6.45, 7) is 2.70. The number of likely N-dealkylation sites (tertiary alicyclic amines) is 1. The van der Waals surface area contributed by atoms with Gasteiger partial charge in [-0.2, -0.15) is 0 Å². The van der Waals surface area contributed by atoms with Crippen LogP contribution in [0.3, 0.4) is 0 Å². The molecule has 2 amide bonds. The molecule has 136 valence electrons. The zero-order valence-electron chi connectivity index (χ0n) is 15.3. The minimum Gasteiger partial charge on any atom is -0.351 e. The molecule has 0 aromatic heterocycles. The van der Waals surface area contributed by atoms with Crippen LogP contribution in [0.2, 0.25) is 0 Å². The highest BCUT2D eigenvalue weighted by atomic mass is 16.2. The number of aryl methyl sites for hydroxylation is 1. The largest absolute Gasteiger partial charge is 0.351 e. The van der Waals surface area contributed by atoms with Gasteiger partial charge in [0.15, 0.2) is 0 Å². The summed E-state index contributed by atoms with van der Waals surface area (Å²) in [7, 11) is 0. The van der Waals surface area contributed by atoms with Crippen LogP contribution < -0.4 is 5.32 Å². The van der Waals surface area contributed by atoms with Gasteiger partial charge in [0.1, 0.15) is 6.04 Å². The van der Waals surface area contributed by atoms with Gasteiger partial charge in [0.2, 0.25) is 11.8 Å². The Morgan fingerprint density at radius 2 is 1.80 bits per heavy atom. The van der Waals surface area contributed by atoms with E-state index in [1.807, 2.05) is 36.1 Å². The van der Waals surface area contributed by atoms with Crippen molar-refractivity contribution in [2.75, 3.05) is 6.54 Å². The van der Waals surface area contributed by atoms with Gasteiger partial charge in [0.05, 0.1) is 0 Å². The van der Waals surface area contributed by atoms with Crippen LogP contribution >= 0.6 is 0 Å². The second-order valence-electron chi connectivity index (χ2n) is 7.50. The van der Waals surface area contributed by atoms with Crippen molar-refractivity contribution in [3.63, 3.8) is 0 Å². The lowest BCUT2D eigenvalue weighted by Gasteiger charge is -2.33. The van der Waals surface area contributed by atoms with Gasteiger partial charge in [-0.15, -0.1) is 0 Å². The van der Waals surface area contributed by atoms with Crippen molar-refractivity contribution in [2.45, 2.75) is 76.8 Å². The van der Waals surface area contributed by atoms with Crippen LogP contribution in [0, 0.1) is 6.92 Å². The number of carbonyl (C=O) groups excluding carboxylic acids is 2. The Labute approximate surface area is 151 Å². The van der Waals surface area contributed by atoms with E-state index in [0.717, 1.165) is 43.2 Å². The SMILES string of the molecule is Cc1ccccc1C(C(=O)NC1CCCCC1)N1CCCCCC1=O. The van der Waals surface area contributed by atoms with Crippen LogP contribution in [-0.2, 0) is 9.59 Å². The minimum atomic E-state index is -0.492. The van der Waals surface area contributed by atoms with Gasteiger partial charge in [-0.3, -0.25) is 9.59 Å². The van der Waals surface area contributed by atoms with Gasteiger partial charge >= 0.3 is 0 Å². The van der Waals surface area contributed by atoms with E-state index in [-0.39, 0.29) is 17.9 Å². The van der Waals surface area contributed by atoms with Crippen molar-refractivity contribution < 1.29 is 9.59 Å². The Bertz CT molecular complexity index is 608. The van der Waals surface area contributed by atoms with Crippen LogP contribution in [-0.4, -0.2) is 29.3 Å². The smallest absolute Gasteiger partial charge is 0.247 e. The summed E-state index contributed by atoms with van der Waals surface area (Å²) in [6.07, 6.45) is 9.26. The molecule has 3 rings (SSSR count). The average molecular weight is 342 g/mol. The van der Waals surface area contributed by atoms with Gasteiger partial charge in [-0.05, 0) is 43.7 Å². The first-order valence-electron chi connectivity index (χ1n) is 9.82. The molecular formula is C21H30N2O2. The molecule has 1 N–H and O–H groups in total. The number of benzene rings is 1. The number of rotatable bonds is 4. The molecule has 2 fully saturated rings. The molecule has 1 heterocycles. The molecule has 4 heteroatoms. The summed E-state index contributed by atoms with van der Waals surface area (Å²) in [6, 6.07) is 7.74. The van der Waals surface area contributed by atoms with Crippen LogP contribution in [0.4, 0.5) is 0 Å². The number of hydrogen-bond donors (Lipinski definition) is 1. The van der Waals surface area contributed by atoms with E-state index in [0.29, 0.717) is 13.0 Å². The van der Waals surface area contributed by atoms with Crippen molar-refractivity contribution >= 4 is 11.8 Å². The van der Waals surface area contributed by atoms with Crippen molar-refractivity contribution in [1.82, 2.24) is 10.2 Å². The van der Waals surface area contributed by atoms with Crippen LogP contribution in [0.5, 0.6) is 0 Å². The highest BCUT2D eigenvalue weighted by molar-refractivity contribution is 5.89. The lowest BCUT2D eigenvalue weighted by Crippen LogP contribution is -2.47. The molecule has 25 heavy (non-hydrogen) atoms. The Morgan fingerprint density at radius 1 is 1.08 bits per heavy atom. The molecule has 1 aromatic carbocycles. The Balaban J connectivity index is 1.86. The number of carbonyl (C=O) groups is 2. The van der Waals surface area contributed by atoms with Crippen molar-refractivity contribution in [1.29, 1.82) is 0 Å². The number of hydrogen-bond acceptors (Lipinski definition) is 2. The molecule has 4 nitrogen and oxygen atoms in total. The first-order valence-corrected chi connectivity index (χ1v) is 9.82. The van der Waals surface area contributed by atoms with Crippen LogP contribution in [0.25, 0.3) is 0 Å². The molecule has 1 aliphatic heterocycles. The maximum Gasteiger partial charge on any atom is 0.247 e. The maximum atomic E-state index is 13.2. The van der Waals surface area contributed by atoms with Gasteiger partial charge in [-0.25, -0.2) is 0 Å². The fourth-order valence-corrected chi connectivity index (χ4v) is 4.15. The minimum absolute atomic E-state index is 0.00329. The van der Waals surface area contributed by atoms with Gasteiger partial charge in [0, 0.05) is 19.0 Å². The molecule has 1 saturated heterocycles. The lowest BCUT2D eigenvalue weighted by molar-refractivity contribution is -0.140. The summed E-state index contributed by atoms with van der Waals surface area (Å²) in [4.78, 5) is 27.7. The predicted octanol–water partition coefficient (Wildman–Crippen LogP) is 3.89. The Kier molecular flexibility index (Phi) is 6.11. The molecule has 0 spiro atoms. The highest BCUT2D eigenvalue weighted by Crippen LogP contribution is 2.28. The van der Waals surface area contributed by atoms with Gasteiger partial charge in [0.25, 0.3) is 0 Å². The summed E-state index contributed by atoms with van der Waals surface area (Å²) in [5.74, 6) is 0.112. The van der Waals surface area contributed by atoms with E-state index < -0.39 is 6.04 Å². The van der Waals surface area contributed by atoms with Crippen molar-refractivity contribution in [3.05, 3.63) is 35.4 Å². The maximum absolute atomic E-state index is 13.2. The second-order valence-corrected chi connectivity index (χ2v) is 7.50. The standard InChI is InChI=1S/C21H30N2O2/c1-16-10-7-8-13-18(16)20(23-15-9-3-6-14-19(23)24)21(25)22-17-11-4-2-5-12-17/h7-8,10,13,17,20H,2-6,9,11-12,14-15H2,1H3,(H,22,25). The third kappa shape index (κ3) is 4.42. The molecule has 1 unspecified atom stereocenters. The first kappa shape index (κ1) is 18.0. The van der Waals surface area contributed by atoms with E-state index in [9.17, 15) is 9.59 Å². The molecule has 1 aromatic rings. The van der Waals surface area contributed by atoms with E-state index in [1.54, 1.807) is 0 Å². The fraction of sp³-hybridized carbons (Fsp3) is 0.619. The fourth-order valence-electron chi connectivity index (χ4n) is 4.15. The number of nitrogens with zero attached hydrogens (tertiary/aromatic N) is 1. The van der Waals surface area contributed by atoms with E-state index in [4.69, 9.17) is 0 Å². The highest BCUT2D eigenvalue weighted by Gasteiger charge is 2.33. The van der Waals surface area contributed by atoms with Gasteiger partial charge < -0.3 is 10.2 Å². The third-order valence-electron chi connectivity index (χ3n) is 5.60. The van der Waals surface area contributed by atoms with Crippen LogP contribution in [0.1, 0.15) is 75.0 Å². The average Bonchev–Trinajstić information content (AvgIpc) is 2.83. The van der Waals surface area contributed by atoms with E-state index >= 15 is 0 Å². The summed E-state index contributed by atoms with van der Waals surface area (Å²) < 4.78 is 0. The summed E-state index contributed by atoms with van der Waals surface area (Å²) in [5.41, 5.74) is 2.04. The molecular weight excluding hydrogens is 312 g/mol. The third-order valence-corrected chi connectivity index (χ3v) is 5.60. The lowest BCUT2D eigenvalue weighted by atomic mass is 9.94. The summed E-state index contributed by atoms with van der Waals surface area (Å²) >= 11 is 0. The monoisotopic (exact) mass is 342 g/mol. The molecule has 1 saturated carbocycles. The molecule has 1 aliphatic carbocycles. The zero-order chi connectivity index (χ0) is 17.6. The molecule has 2 aliphatic rings. The molecule has 0 bridgehead atoms. The first-order chi connectivity index (χ1) is 12.2. The van der Waals surface area contributed by atoms with Gasteiger partial charge in [-0.1, -0.05) is 49.9 Å². The topological polar surface area (TPSA) is 49.4 Å². The quantitative estimate of drug-likeness (QED) is 0.902. The number of nitrogens with one attached hydrogen (secondary N) is 1. The van der Waals surface area contributed by atoms with E-state index in [1.165, 1.54) is 19.3 Å². The predicted molar refractivity (Wildman–Crippen MR) is 99.1 cm³/mol.